The molecule has 0 bridgehead atoms. The van der Waals surface area contributed by atoms with E-state index >= 15 is 0 Å². The molecule has 1 fully saturated rings. The largest absolute Gasteiger partial charge is 0.497 e. The van der Waals surface area contributed by atoms with Gasteiger partial charge in [-0.1, -0.05) is 12.1 Å². The Hall–Kier alpha value is -2.38. The second-order valence-electron chi connectivity index (χ2n) is 7.48. The molecule has 28 heavy (non-hydrogen) atoms. The molecule has 0 aliphatic carbocycles. The lowest BCUT2D eigenvalue weighted by molar-refractivity contribution is 0.195. The molecule has 0 unspecified atom stereocenters. The van der Waals surface area contributed by atoms with E-state index < -0.39 is 0 Å². The number of hydrogen-bond acceptors (Lipinski definition) is 5. The highest BCUT2D eigenvalue weighted by Crippen LogP contribution is 2.16. The van der Waals surface area contributed by atoms with Crippen molar-refractivity contribution in [2.75, 3.05) is 26.7 Å². The summed E-state index contributed by atoms with van der Waals surface area (Å²) in [5.74, 6) is 0.878. The third kappa shape index (κ3) is 4.72. The van der Waals surface area contributed by atoms with Gasteiger partial charge in [-0.15, -0.1) is 0 Å². The van der Waals surface area contributed by atoms with Crippen LogP contribution in [0.1, 0.15) is 24.0 Å². The summed E-state index contributed by atoms with van der Waals surface area (Å²) in [5, 5.41) is 3.41. The average Bonchev–Trinajstić information content (AvgIpc) is 3.24. The highest BCUT2D eigenvalue weighted by Gasteiger charge is 2.23. The van der Waals surface area contributed by atoms with Crippen LogP contribution in [0, 0.1) is 0 Å². The molecule has 1 aliphatic heterocycles. The van der Waals surface area contributed by atoms with Crippen LogP contribution in [0.2, 0.25) is 0 Å². The zero-order chi connectivity index (χ0) is 20.1. The lowest BCUT2D eigenvalue weighted by Gasteiger charge is -2.28. The minimum atomic E-state index is -0.291. The summed E-state index contributed by atoms with van der Waals surface area (Å²) >= 11 is 0. The van der Waals surface area contributed by atoms with Crippen LogP contribution in [-0.4, -0.2) is 46.8 Å². The quantitative estimate of drug-likeness (QED) is 0.730. The smallest absolute Gasteiger partial charge is 0.330 e. The monoisotopic (exact) mass is 386 g/mol. The van der Waals surface area contributed by atoms with Gasteiger partial charge in [0.25, 0.3) is 5.56 Å². The molecule has 0 spiro atoms. The Morgan fingerprint density at radius 2 is 2.11 bits per heavy atom. The standard InChI is InChI=1S/C21H30N4O3/c1-23-14-17(20(26)24(2)21(23)27)15-25(18-9-10-22-13-18)11-5-7-16-6-4-8-19(12-16)28-3/h4,6,8,12,14,18,22H,5,7,9-11,13,15H2,1-3H3/t18-/m0/s1. The maximum absolute atomic E-state index is 12.6. The van der Waals surface area contributed by atoms with Crippen molar-refractivity contribution < 1.29 is 4.74 Å². The Balaban J connectivity index is 1.71. The van der Waals surface area contributed by atoms with Crippen molar-refractivity contribution in [1.29, 1.82) is 0 Å². The third-order valence-corrected chi connectivity index (χ3v) is 5.49. The fraction of sp³-hybridized carbons (Fsp3) is 0.524. The van der Waals surface area contributed by atoms with Gasteiger partial charge in [-0.05, 0) is 50.0 Å². The van der Waals surface area contributed by atoms with Crippen LogP contribution in [-0.2, 0) is 27.1 Å². The Bertz CT molecular complexity index is 913. The predicted octanol–water partition coefficient (Wildman–Crippen LogP) is 0.889. The summed E-state index contributed by atoms with van der Waals surface area (Å²) in [6.07, 6.45) is 4.71. The molecule has 1 aromatic heterocycles. The first-order valence-corrected chi connectivity index (χ1v) is 9.83. The maximum Gasteiger partial charge on any atom is 0.330 e. The van der Waals surface area contributed by atoms with Gasteiger partial charge in [0, 0.05) is 45.0 Å². The topological polar surface area (TPSA) is 68.5 Å². The molecular weight excluding hydrogens is 356 g/mol. The van der Waals surface area contributed by atoms with Crippen LogP contribution in [0.15, 0.2) is 40.1 Å². The number of aryl methyl sites for hydroxylation is 2. The number of rotatable bonds is 8. The van der Waals surface area contributed by atoms with Gasteiger partial charge in [-0.2, -0.15) is 0 Å². The molecule has 1 saturated heterocycles. The highest BCUT2D eigenvalue weighted by molar-refractivity contribution is 5.28. The van der Waals surface area contributed by atoms with Crippen LogP contribution < -0.4 is 21.3 Å². The van der Waals surface area contributed by atoms with Crippen molar-refractivity contribution in [3.8, 4) is 5.75 Å². The van der Waals surface area contributed by atoms with E-state index in [9.17, 15) is 9.59 Å². The molecule has 7 heteroatoms. The minimum absolute atomic E-state index is 0.202. The molecule has 1 aliphatic rings. The average molecular weight is 386 g/mol. The van der Waals surface area contributed by atoms with E-state index in [4.69, 9.17) is 4.74 Å². The van der Waals surface area contributed by atoms with Crippen molar-refractivity contribution in [3.05, 3.63) is 62.4 Å². The van der Waals surface area contributed by atoms with Gasteiger partial charge in [-0.3, -0.25) is 14.3 Å². The number of nitrogens with zero attached hydrogens (tertiary/aromatic N) is 3. The Kier molecular flexibility index (Phi) is 6.70. The van der Waals surface area contributed by atoms with E-state index in [-0.39, 0.29) is 11.2 Å². The first-order chi connectivity index (χ1) is 13.5. The lowest BCUT2D eigenvalue weighted by Crippen LogP contribution is -2.43. The molecule has 7 nitrogen and oxygen atoms in total. The molecule has 0 radical (unpaired) electrons. The van der Waals surface area contributed by atoms with Crippen LogP contribution >= 0.6 is 0 Å². The van der Waals surface area contributed by atoms with E-state index in [0.29, 0.717) is 18.2 Å². The lowest BCUT2D eigenvalue weighted by atomic mass is 10.1. The number of aromatic nitrogens is 2. The van der Waals surface area contributed by atoms with Crippen LogP contribution in [0.3, 0.4) is 0 Å². The highest BCUT2D eigenvalue weighted by atomic mass is 16.5. The SMILES string of the molecule is COc1cccc(CCCN(Cc2cn(C)c(=O)n(C)c2=O)[C@H]2CCNC2)c1. The van der Waals surface area contributed by atoms with Crippen LogP contribution in [0.4, 0.5) is 0 Å². The Morgan fingerprint density at radius 3 is 2.82 bits per heavy atom. The van der Waals surface area contributed by atoms with E-state index in [2.05, 4.69) is 22.3 Å². The minimum Gasteiger partial charge on any atom is -0.497 e. The van der Waals surface area contributed by atoms with Gasteiger partial charge in [-0.25, -0.2) is 4.79 Å². The molecule has 152 valence electrons. The zero-order valence-electron chi connectivity index (χ0n) is 17.0. The summed E-state index contributed by atoms with van der Waals surface area (Å²) < 4.78 is 7.98. The predicted molar refractivity (Wildman–Crippen MR) is 110 cm³/mol. The Morgan fingerprint density at radius 1 is 1.29 bits per heavy atom. The summed E-state index contributed by atoms with van der Waals surface area (Å²) in [4.78, 5) is 26.9. The van der Waals surface area contributed by atoms with Crippen molar-refractivity contribution in [2.45, 2.75) is 31.8 Å². The maximum atomic E-state index is 12.6. The van der Waals surface area contributed by atoms with E-state index in [0.717, 1.165) is 44.6 Å². The van der Waals surface area contributed by atoms with Crippen molar-refractivity contribution >= 4 is 0 Å². The fourth-order valence-corrected chi connectivity index (χ4v) is 3.87. The molecular formula is C21H30N4O3. The number of ether oxygens (including phenoxy) is 1. The molecule has 0 amide bonds. The second-order valence-corrected chi connectivity index (χ2v) is 7.48. The second kappa shape index (κ2) is 9.21. The number of hydrogen-bond donors (Lipinski definition) is 1. The number of methoxy groups -OCH3 is 1. The van der Waals surface area contributed by atoms with E-state index in [1.165, 1.54) is 14.7 Å². The van der Waals surface area contributed by atoms with Gasteiger partial charge in [0.05, 0.1) is 7.11 Å². The third-order valence-electron chi connectivity index (χ3n) is 5.49. The summed E-state index contributed by atoms with van der Waals surface area (Å²) in [6.45, 7) is 3.40. The normalized spacial score (nSPS) is 16.6. The van der Waals surface area contributed by atoms with Gasteiger partial charge in [0.15, 0.2) is 0 Å². The molecule has 2 aromatic rings. The first kappa shape index (κ1) is 20.4. The molecule has 3 rings (SSSR count). The van der Waals surface area contributed by atoms with Crippen molar-refractivity contribution in [2.24, 2.45) is 14.1 Å². The summed E-state index contributed by atoms with van der Waals surface area (Å²) in [5.41, 5.74) is 1.42. The van der Waals surface area contributed by atoms with Crippen LogP contribution in [0.25, 0.3) is 0 Å². The molecule has 1 aromatic carbocycles. The van der Waals surface area contributed by atoms with Gasteiger partial charge < -0.3 is 14.6 Å². The molecule has 0 saturated carbocycles. The molecule has 2 heterocycles. The summed E-state index contributed by atoms with van der Waals surface area (Å²) in [6, 6.07) is 8.57. The summed E-state index contributed by atoms with van der Waals surface area (Å²) in [7, 11) is 4.91. The van der Waals surface area contributed by atoms with Crippen LogP contribution in [0.5, 0.6) is 5.75 Å². The Labute approximate surface area is 165 Å². The zero-order valence-corrected chi connectivity index (χ0v) is 17.0. The van der Waals surface area contributed by atoms with Crippen molar-refractivity contribution in [1.82, 2.24) is 19.4 Å². The molecule has 1 atom stereocenters. The molecule has 1 N–H and O–H groups in total. The van der Waals surface area contributed by atoms with Gasteiger partial charge in [0.2, 0.25) is 0 Å². The first-order valence-electron chi connectivity index (χ1n) is 9.83. The van der Waals surface area contributed by atoms with E-state index in [1.54, 1.807) is 27.4 Å². The van der Waals surface area contributed by atoms with Crippen molar-refractivity contribution in [3.63, 3.8) is 0 Å². The number of benzene rings is 1. The number of nitrogens with one attached hydrogen (secondary N) is 1. The van der Waals surface area contributed by atoms with Gasteiger partial charge in [0.1, 0.15) is 5.75 Å². The van der Waals surface area contributed by atoms with Gasteiger partial charge >= 0.3 is 5.69 Å². The van der Waals surface area contributed by atoms with E-state index in [1.807, 2.05) is 12.1 Å². The fourth-order valence-electron chi connectivity index (χ4n) is 3.87.